The van der Waals surface area contributed by atoms with Gasteiger partial charge in [-0.05, 0) is 33.0 Å². The third-order valence-corrected chi connectivity index (χ3v) is 8.07. The Balaban J connectivity index is 1.48. The molecule has 2 N–H and O–H groups in total. The van der Waals surface area contributed by atoms with E-state index in [-0.39, 0.29) is 23.6 Å². The number of carbonyl (C=O) groups is 2. The Hall–Kier alpha value is -1.51. The van der Waals surface area contributed by atoms with Crippen molar-refractivity contribution in [1.82, 2.24) is 14.7 Å². The van der Waals surface area contributed by atoms with Crippen LogP contribution in [0.1, 0.15) is 26.7 Å². The number of likely N-dealkylation sites (tertiary alicyclic amines) is 2. The quantitative estimate of drug-likeness (QED) is 0.639. The summed E-state index contributed by atoms with van der Waals surface area (Å²) in [5, 5.41) is 20.0. The summed E-state index contributed by atoms with van der Waals surface area (Å²) in [6.45, 7) is 6.75. The molecule has 4 aliphatic heterocycles. The third kappa shape index (κ3) is 3.15. The largest absolute Gasteiger partial charge is 0.477 e. The minimum atomic E-state index is -1.05. The van der Waals surface area contributed by atoms with Gasteiger partial charge in [-0.1, -0.05) is 13.0 Å². The Kier molecular flexibility index (Phi) is 5.22. The molecule has 8 heteroatoms. The van der Waals surface area contributed by atoms with Crippen LogP contribution in [0.15, 0.2) is 22.9 Å². The number of carboxylic acids is 1. The van der Waals surface area contributed by atoms with Crippen LogP contribution in [0.4, 0.5) is 0 Å². The van der Waals surface area contributed by atoms with E-state index in [9.17, 15) is 19.8 Å². The summed E-state index contributed by atoms with van der Waals surface area (Å²) < 4.78 is 0. The number of hydrogen-bond acceptors (Lipinski definition) is 6. The van der Waals surface area contributed by atoms with E-state index in [1.165, 1.54) is 11.3 Å². The number of nitrogens with zero attached hydrogens (tertiary/aromatic N) is 3. The van der Waals surface area contributed by atoms with Crippen molar-refractivity contribution in [3.63, 3.8) is 0 Å². The topological polar surface area (TPSA) is 84.3 Å². The number of amides is 1. The van der Waals surface area contributed by atoms with Crippen molar-refractivity contribution in [2.24, 2.45) is 11.8 Å². The van der Waals surface area contributed by atoms with Crippen LogP contribution in [0.3, 0.4) is 0 Å². The molecule has 3 fully saturated rings. The first-order valence-corrected chi connectivity index (χ1v) is 11.0. The predicted molar refractivity (Wildman–Crippen MR) is 107 cm³/mol. The fraction of sp³-hybridized carbons (Fsp3) is 0.700. The van der Waals surface area contributed by atoms with Gasteiger partial charge in [-0.15, -0.1) is 11.8 Å². The Bertz CT molecular complexity index is 733. The number of fused-ring (bicyclic) bond motifs is 1. The number of aliphatic hydroxyl groups excluding tert-OH is 1. The van der Waals surface area contributed by atoms with Crippen LogP contribution in [-0.2, 0) is 9.59 Å². The molecule has 0 bridgehead atoms. The number of rotatable bonds is 6. The molecule has 4 heterocycles. The van der Waals surface area contributed by atoms with Crippen LogP contribution in [-0.4, -0.2) is 86.9 Å². The van der Waals surface area contributed by atoms with Gasteiger partial charge >= 0.3 is 5.97 Å². The maximum atomic E-state index is 12.5. The molecule has 0 radical (unpaired) electrons. The summed E-state index contributed by atoms with van der Waals surface area (Å²) in [7, 11) is 2.11. The number of aliphatic hydroxyl groups is 1. The van der Waals surface area contributed by atoms with Gasteiger partial charge in [0, 0.05) is 41.7 Å². The maximum absolute atomic E-state index is 12.5. The highest BCUT2D eigenvalue weighted by molar-refractivity contribution is 8.03. The van der Waals surface area contributed by atoms with Crippen molar-refractivity contribution in [3.8, 4) is 0 Å². The van der Waals surface area contributed by atoms with Gasteiger partial charge in [0.1, 0.15) is 5.70 Å². The van der Waals surface area contributed by atoms with Crippen molar-refractivity contribution in [3.05, 3.63) is 22.9 Å². The number of aliphatic carboxylic acids is 1. The average Bonchev–Trinajstić information content (AvgIpc) is 3.03. The molecular formula is C20H29N3O4S. The molecule has 0 saturated carbocycles. The second kappa shape index (κ2) is 7.39. The molecule has 0 aromatic rings. The number of likely N-dealkylation sites (N-methyl/N-ethyl adjacent to an activating group) is 1. The summed E-state index contributed by atoms with van der Waals surface area (Å²) in [4.78, 5) is 31.2. The Morgan fingerprint density at radius 3 is 2.64 bits per heavy atom. The first-order valence-electron chi connectivity index (χ1n) is 10.1. The molecule has 28 heavy (non-hydrogen) atoms. The molecule has 0 aromatic heterocycles. The van der Waals surface area contributed by atoms with Crippen LogP contribution < -0.4 is 0 Å². The van der Waals surface area contributed by atoms with Crippen molar-refractivity contribution in [2.45, 2.75) is 50.1 Å². The lowest BCUT2D eigenvalue weighted by Gasteiger charge is -2.46. The smallest absolute Gasteiger partial charge is 0.353 e. The standard InChI is InChI=1S/C20H29N3O4S/c1-11-16-15(12(2)24)19(25)23(16)17(20(26)27)18(11)28-14-9-13(21(3)10-14)5-8-22-6-4-7-22/h5,8,11-16,24H,4,6-7,9-10H2,1-3H3,(H,26,27)/b8-5+/t11-,12-,13-,14+,15-,16-/m1/s1. The Morgan fingerprint density at radius 1 is 1.36 bits per heavy atom. The second-order valence-corrected chi connectivity index (χ2v) is 9.83. The lowest BCUT2D eigenvalue weighted by Crippen LogP contribution is -2.63. The summed E-state index contributed by atoms with van der Waals surface area (Å²) >= 11 is 1.62. The van der Waals surface area contributed by atoms with Gasteiger partial charge in [0.15, 0.2) is 0 Å². The zero-order chi connectivity index (χ0) is 20.2. The van der Waals surface area contributed by atoms with Gasteiger partial charge < -0.3 is 20.0 Å². The molecule has 0 aliphatic carbocycles. The maximum Gasteiger partial charge on any atom is 0.353 e. The monoisotopic (exact) mass is 407 g/mol. The summed E-state index contributed by atoms with van der Waals surface area (Å²) in [6.07, 6.45) is 5.91. The van der Waals surface area contributed by atoms with Crippen molar-refractivity contribution in [1.29, 1.82) is 0 Å². The zero-order valence-electron chi connectivity index (χ0n) is 16.6. The van der Waals surface area contributed by atoms with E-state index in [2.05, 4.69) is 29.1 Å². The van der Waals surface area contributed by atoms with Gasteiger partial charge in [0.25, 0.3) is 0 Å². The Morgan fingerprint density at radius 2 is 2.07 bits per heavy atom. The average molecular weight is 408 g/mol. The molecule has 4 rings (SSSR count). The number of carbonyl (C=O) groups excluding carboxylic acids is 1. The van der Waals surface area contributed by atoms with E-state index in [0.717, 1.165) is 31.0 Å². The van der Waals surface area contributed by atoms with E-state index in [0.29, 0.717) is 11.3 Å². The van der Waals surface area contributed by atoms with E-state index in [1.54, 1.807) is 18.7 Å². The van der Waals surface area contributed by atoms with Crippen molar-refractivity contribution < 1.29 is 19.8 Å². The lowest BCUT2D eigenvalue weighted by atomic mass is 9.79. The van der Waals surface area contributed by atoms with E-state index < -0.39 is 18.0 Å². The fourth-order valence-corrected chi connectivity index (χ4v) is 6.47. The van der Waals surface area contributed by atoms with Gasteiger partial charge in [0.2, 0.25) is 5.91 Å². The normalized spacial score (nSPS) is 36.7. The summed E-state index contributed by atoms with van der Waals surface area (Å²) in [6, 6.07) is 0.120. The van der Waals surface area contributed by atoms with Crippen LogP contribution in [0.25, 0.3) is 0 Å². The van der Waals surface area contributed by atoms with Gasteiger partial charge in [-0.25, -0.2) is 4.79 Å². The minimum absolute atomic E-state index is 0.0608. The van der Waals surface area contributed by atoms with E-state index in [4.69, 9.17) is 0 Å². The fourth-order valence-electron chi connectivity index (χ4n) is 4.86. The first-order chi connectivity index (χ1) is 13.3. The highest BCUT2D eigenvalue weighted by Gasteiger charge is 2.60. The van der Waals surface area contributed by atoms with Crippen LogP contribution in [0.5, 0.6) is 0 Å². The molecule has 0 aromatic carbocycles. The molecule has 6 atom stereocenters. The molecule has 154 valence electrons. The minimum Gasteiger partial charge on any atom is -0.477 e. The van der Waals surface area contributed by atoms with Crippen molar-refractivity contribution in [2.75, 3.05) is 26.7 Å². The number of carboxylic acid groups (broad SMARTS) is 1. The summed E-state index contributed by atoms with van der Waals surface area (Å²) in [5.41, 5.74) is 0.131. The summed E-state index contributed by atoms with van der Waals surface area (Å²) in [5.74, 6) is -1.87. The van der Waals surface area contributed by atoms with Gasteiger partial charge in [0.05, 0.1) is 18.1 Å². The molecule has 0 spiro atoms. The van der Waals surface area contributed by atoms with Gasteiger partial charge in [-0.2, -0.15) is 0 Å². The highest BCUT2D eigenvalue weighted by Crippen LogP contribution is 2.52. The molecule has 1 amide bonds. The first kappa shape index (κ1) is 19.8. The van der Waals surface area contributed by atoms with E-state index in [1.807, 2.05) is 6.92 Å². The molecule has 0 unspecified atom stereocenters. The molecule has 7 nitrogen and oxygen atoms in total. The predicted octanol–water partition coefficient (Wildman–Crippen LogP) is 1.17. The zero-order valence-corrected chi connectivity index (χ0v) is 17.4. The Labute approximate surface area is 170 Å². The number of β-lactam (4-membered cyclic amide) rings is 1. The molecular weight excluding hydrogens is 378 g/mol. The van der Waals surface area contributed by atoms with Crippen LogP contribution in [0, 0.1) is 11.8 Å². The van der Waals surface area contributed by atoms with Crippen molar-refractivity contribution >= 4 is 23.6 Å². The second-order valence-electron chi connectivity index (χ2n) is 8.49. The lowest BCUT2D eigenvalue weighted by molar-refractivity contribution is -0.163. The van der Waals surface area contributed by atoms with Crippen LogP contribution in [0.2, 0.25) is 0 Å². The molecule has 4 aliphatic rings. The highest BCUT2D eigenvalue weighted by atomic mass is 32.2. The number of thioether (sulfide) groups is 1. The number of hydrogen-bond donors (Lipinski definition) is 2. The molecule has 3 saturated heterocycles. The third-order valence-electron chi connectivity index (χ3n) is 6.58. The van der Waals surface area contributed by atoms with Gasteiger partial charge in [-0.3, -0.25) is 9.69 Å². The van der Waals surface area contributed by atoms with E-state index >= 15 is 0 Å². The van der Waals surface area contributed by atoms with Crippen LogP contribution >= 0.6 is 11.8 Å². The SMILES string of the molecule is C[C@@H](O)[C@H]1C(=O)N2C(C(=O)O)=C(S[C@H]3C[C@@H](/C=C/N4CCC4)N(C)C3)[C@H](C)[C@H]12.